The summed E-state index contributed by atoms with van der Waals surface area (Å²) >= 11 is 0. The lowest BCUT2D eigenvalue weighted by atomic mass is 9.79. The molecular formula is C14H10N2O5. The van der Waals surface area contributed by atoms with Crippen molar-refractivity contribution >= 4 is 11.9 Å². The summed E-state index contributed by atoms with van der Waals surface area (Å²) in [6.07, 6.45) is 1.13. The maximum absolute atomic E-state index is 11.8. The second-order valence-corrected chi connectivity index (χ2v) is 5.13. The van der Waals surface area contributed by atoms with Crippen molar-refractivity contribution < 1.29 is 19.2 Å². The van der Waals surface area contributed by atoms with Crippen LogP contribution in [0.5, 0.6) is 0 Å². The molecule has 0 aromatic heterocycles. The highest BCUT2D eigenvalue weighted by molar-refractivity contribution is 5.96. The van der Waals surface area contributed by atoms with Crippen molar-refractivity contribution in [3.63, 3.8) is 0 Å². The van der Waals surface area contributed by atoms with Crippen LogP contribution < -0.4 is 0 Å². The van der Waals surface area contributed by atoms with Crippen LogP contribution in [0.15, 0.2) is 47.5 Å². The number of hydrogen-bond acceptors (Lipinski definition) is 6. The van der Waals surface area contributed by atoms with Gasteiger partial charge in [0.1, 0.15) is 5.92 Å². The third-order valence-corrected chi connectivity index (χ3v) is 4.00. The van der Waals surface area contributed by atoms with E-state index in [0.717, 1.165) is 0 Å². The zero-order valence-corrected chi connectivity index (χ0v) is 10.7. The van der Waals surface area contributed by atoms with E-state index in [1.54, 1.807) is 30.3 Å². The van der Waals surface area contributed by atoms with Gasteiger partial charge in [-0.1, -0.05) is 24.3 Å². The standard InChI is InChI=1S/C14H10N2O5/c17-13-9-6-7-10(20-13)14(16(18)19)11(9)21-12(15-14)8-4-2-1-3-5-8/h1-7,9-11H/t9-,10+,11?,14?/m0/s1. The Hall–Kier alpha value is -2.70. The van der Waals surface area contributed by atoms with Gasteiger partial charge in [-0.25, -0.2) is 0 Å². The Morgan fingerprint density at radius 3 is 2.62 bits per heavy atom. The quantitative estimate of drug-likeness (QED) is 0.349. The van der Waals surface area contributed by atoms with Crippen LogP contribution >= 0.6 is 0 Å². The Kier molecular flexibility index (Phi) is 2.25. The van der Waals surface area contributed by atoms with Gasteiger partial charge in [0.05, 0.1) is 4.92 Å². The molecule has 4 aliphatic rings. The number of nitrogens with zero attached hydrogens (tertiary/aromatic N) is 2. The number of benzene rings is 1. The van der Waals surface area contributed by atoms with Crippen molar-refractivity contribution in [3.8, 4) is 0 Å². The van der Waals surface area contributed by atoms with Crippen molar-refractivity contribution in [1.29, 1.82) is 0 Å². The summed E-state index contributed by atoms with van der Waals surface area (Å²) in [5.74, 6) is -1.13. The number of hydrogen-bond donors (Lipinski definition) is 0. The zero-order chi connectivity index (χ0) is 14.6. The van der Waals surface area contributed by atoms with Gasteiger partial charge < -0.3 is 9.47 Å². The molecule has 5 rings (SSSR count). The average Bonchev–Trinajstić information content (AvgIpc) is 2.92. The third-order valence-electron chi connectivity index (χ3n) is 4.00. The van der Waals surface area contributed by atoms with Gasteiger partial charge in [0.25, 0.3) is 0 Å². The van der Waals surface area contributed by atoms with Crippen molar-refractivity contribution in [2.75, 3.05) is 0 Å². The second kappa shape index (κ2) is 3.91. The Bertz CT molecular complexity index is 699. The summed E-state index contributed by atoms with van der Waals surface area (Å²) in [6, 6.07) is 8.91. The molecule has 2 bridgehead atoms. The molecule has 0 amide bonds. The van der Waals surface area contributed by atoms with Crippen LogP contribution in [0.4, 0.5) is 0 Å². The number of rotatable bonds is 2. The van der Waals surface area contributed by atoms with Crippen LogP contribution in [0.3, 0.4) is 0 Å². The summed E-state index contributed by atoms with van der Waals surface area (Å²) in [5, 5.41) is 11.6. The van der Waals surface area contributed by atoms with E-state index >= 15 is 0 Å². The van der Waals surface area contributed by atoms with Crippen molar-refractivity contribution in [2.45, 2.75) is 17.9 Å². The number of carbonyl (C=O) groups excluding carboxylic acids is 1. The molecule has 2 unspecified atom stereocenters. The van der Waals surface area contributed by atoms with E-state index in [-0.39, 0.29) is 5.90 Å². The first-order chi connectivity index (χ1) is 10.1. The van der Waals surface area contributed by atoms with Crippen molar-refractivity contribution in [3.05, 3.63) is 58.2 Å². The lowest BCUT2D eigenvalue weighted by molar-refractivity contribution is -0.591. The summed E-state index contributed by atoms with van der Waals surface area (Å²) in [6.45, 7) is 0. The van der Waals surface area contributed by atoms with Gasteiger partial charge >= 0.3 is 11.6 Å². The van der Waals surface area contributed by atoms with Gasteiger partial charge in [0.15, 0.2) is 0 Å². The second-order valence-electron chi connectivity index (χ2n) is 5.13. The van der Waals surface area contributed by atoms with Crippen LogP contribution in [0.1, 0.15) is 5.56 Å². The number of nitro groups is 1. The zero-order valence-electron chi connectivity index (χ0n) is 10.7. The van der Waals surface area contributed by atoms with E-state index < -0.39 is 34.7 Å². The maximum Gasteiger partial charge on any atom is 0.393 e. The molecule has 0 radical (unpaired) electrons. The monoisotopic (exact) mass is 286 g/mol. The molecule has 3 aliphatic heterocycles. The predicted molar refractivity (Wildman–Crippen MR) is 70.1 cm³/mol. The van der Waals surface area contributed by atoms with E-state index in [2.05, 4.69) is 4.99 Å². The maximum atomic E-state index is 11.8. The highest BCUT2D eigenvalue weighted by Crippen LogP contribution is 2.45. The summed E-state index contributed by atoms with van der Waals surface area (Å²) < 4.78 is 10.8. The normalized spacial score (nSPS) is 35.7. The molecule has 1 aromatic carbocycles. The van der Waals surface area contributed by atoms with Crippen LogP contribution in [0.2, 0.25) is 0 Å². The van der Waals surface area contributed by atoms with Gasteiger partial charge in [-0.05, 0) is 18.2 Å². The minimum atomic E-state index is -1.78. The molecule has 0 spiro atoms. The molecule has 1 fully saturated rings. The predicted octanol–water partition coefficient (Wildman–Crippen LogP) is 0.916. The van der Waals surface area contributed by atoms with E-state index in [1.165, 1.54) is 6.08 Å². The first kappa shape index (κ1) is 12.1. The van der Waals surface area contributed by atoms with E-state index in [9.17, 15) is 14.9 Å². The molecule has 3 heterocycles. The van der Waals surface area contributed by atoms with Gasteiger partial charge in [-0.2, -0.15) is 4.99 Å². The van der Waals surface area contributed by atoms with E-state index in [0.29, 0.717) is 5.56 Å². The smallest absolute Gasteiger partial charge is 0.393 e. The molecule has 106 valence electrons. The van der Waals surface area contributed by atoms with Crippen LogP contribution in [0, 0.1) is 16.0 Å². The van der Waals surface area contributed by atoms with Crippen molar-refractivity contribution in [1.82, 2.24) is 0 Å². The van der Waals surface area contributed by atoms with Gasteiger partial charge in [0.2, 0.25) is 18.1 Å². The SMILES string of the molecule is O=C1O[C@@H]2C=C[C@H]1C1OC(c3ccccc3)=NC12[N+](=O)[O-]. The molecule has 7 heteroatoms. The fourth-order valence-electron chi connectivity index (χ4n) is 2.98. The van der Waals surface area contributed by atoms with Crippen molar-refractivity contribution in [2.24, 2.45) is 10.9 Å². The van der Waals surface area contributed by atoms with Gasteiger partial charge in [-0.15, -0.1) is 0 Å². The average molecular weight is 286 g/mol. The molecule has 21 heavy (non-hydrogen) atoms. The first-order valence-electron chi connectivity index (χ1n) is 6.48. The fraction of sp³-hybridized carbons (Fsp3) is 0.286. The number of aliphatic imine (C=N–C) groups is 1. The number of fused-ring (bicyclic) bond motifs is 1. The summed E-state index contributed by atoms with van der Waals surface area (Å²) in [5.41, 5.74) is -1.14. The third kappa shape index (κ3) is 1.43. The molecule has 1 saturated heterocycles. The fourth-order valence-corrected chi connectivity index (χ4v) is 2.98. The molecule has 1 aromatic rings. The van der Waals surface area contributed by atoms with E-state index in [4.69, 9.17) is 9.47 Å². The Morgan fingerprint density at radius 2 is 1.95 bits per heavy atom. The largest absolute Gasteiger partial charge is 0.462 e. The van der Waals surface area contributed by atoms with Crippen LogP contribution in [-0.2, 0) is 14.3 Å². The highest BCUT2D eigenvalue weighted by atomic mass is 16.7. The van der Waals surface area contributed by atoms with E-state index in [1.807, 2.05) is 6.07 Å². The van der Waals surface area contributed by atoms with Gasteiger partial charge in [-0.3, -0.25) is 14.9 Å². The van der Waals surface area contributed by atoms with Gasteiger partial charge in [0, 0.05) is 5.56 Å². The lowest BCUT2D eigenvalue weighted by Crippen LogP contribution is -2.65. The summed E-state index contributed by atoms with van der Waals surface area (Å²) in [7, 11) is 0. The van der Waals surface area contributed by atoms with Crippen LogP contribution in [-0.4, -0.2) is 34.7 Å². The Labute approximate surface area is 119 Å². The molecule has 7 nitrogen and oxygen atoms in total. The Morgan fingerprint density at radius 1 is 1.19 bits per heavy atom. The molecular weight excluding hydrogens is 276 g/mol. The number of carbonyl (C=O) groups is 1. The Balaban J connectivity index is 1.85. The molecule has 0 saturated carbocycles. The molecule has 1 aliphatic carbocycles. The minimum absolute atomic E-state index is 0.175. The minimum Gasteiger partial charge on any atom is -0.462 e. The lowest BCUT2D eigenvalue weighted by Gasteiger charge is -2.39. The van der Waals surface area contributed by atoms with Crippen LogP contribution in [0.25, 0.3) is 0 Å². The molecule has 4 atom stereocenters. The first-order valence-corrected chi connectivity index (χ1v) is 6.48. The number of esters is 1. The number of ether oxygens (including phenoxy) is 2. The molecule has 0 N–H and O–H groups in total. The summed E-state index contributed by atoms with van der Waals surface area (Å²) in [4.78, 5) is 27.1. The topological polar surface area (TPSA) is 91.0 Å². The highest BCUT2D eigenvalue weighted by Gasteiger charge is 2.72.